The molecule has 3 aromatic rings. The van der Waals surface area contributed by atoms with E-state index in [1.165, 1.54) is 19.2 Å². The molecule has 1 N–H and O–H groups in total. The molecule has 1 fully saturated rings. The molecule has 0 aliphatic carbocycles. The van der Waals surface area contributed by atoms with E-state index >= 15 is 0 Å². The molecular weight excluding hydrogens is 597 g/mol. The smallest absolute Gasteiger partial charge is 0.416 e. The number of benzene rings is 3. The molecule has 5 rings (SSSR count). The van der Waals surface area contributed by atoms with Gasteiger partial charge in [0.05, 0.1) is 31.4 Å². The molecule has 244 valence electrons. The molecule has 7 nitrogen and oxygen atoms in total. The Labute approximate surface area is 266 Å². The second-order valence-electron chi connectivity index (χ2n) is 13.2. The molecule has 2 aliphatic rings. The van der Waals surface area contributed by atoms with Crippen LogP contribution in [0.4, 0.5) is 13.2 Å². The normalized spacial score (nSPS) is 23.5. The number of piperidine rings is 1. The van der Waals surface area contributed by atoms with Crippen molar-refractivity contribution in [1.82, 2.24) is 10.2 Å². The fraction of sp³-hybridized carbons (Fsp3) is 0.417. The number of nitrogens with zero attached hydrogens (tertiary/aromatic N) is 1. The molecule has 1 saturated heterocycles. The highest BCUT2D eigenvalue weighted by Crippen LogP contribution is 2.52. The summed E-state index contributed by atoms with van der Waals surface area (Å²) < 4.78 is 51.4. The highest BCUT2D eigenvalue weighted by Gasteiger charge is 2.60. The maximum absolute atomic E-state index is 14.4. The third kappa shape index (κ3) is 6.40. The van der Waals surface area contributed by atoms with Crippen molar-refractivity contribution in [3.05, 3.63) is 95.2 Å². The Kier molecular flexibility index (Phi) is 9.05. The van der Waals surface area contributed by atoms with E-state index in [0.29, 0.717) is 5.70 Å². The lowest BCUT2D eigenvalue weighted by atomic mass is 9.65. The summed E-state index contributed by atoms with van der Waals surface area (Å²) in [5.74, 6) is -2.34. The van der Waals surface area contributed by atoms with Crippen molar-refractivity contribution in [1.29, 1.82) is 0 Å². The van der Waals surface area contributed by atoms with Gasteiger partial charge in [-0.25, -0.2) is 0 Å². The number of hydrogen-bond donors (Lipinski definition) is 1. The summed E-state index contributed by atoms with van der Waals surface area (Å²) in [6.45, 7) is 7.84. The van der Waals surface area contributed by atoms with Crippen LogP contribution in [0.2, 0.25) is 0 Å². The highest BCUT2D eigenvalue weighted by molar-refractivity contribution is 5.93. The van der Waals surface area contributed by atoms with E-state index in [4.69, 9.17) is 9.47 Å². The molecule has 4 atom stereocenters. The van der Waals surface area contributed by atoms with E-state index in [0.717, 1.165) is 28.5 Å². The Morgan fingerprint density at radius 1 is 1.04 bits per heavy atom. The summed E-state index contributed by atoms with van der Waals surface area (Å²) >= 11 is 0. The van der Waals surface area contributed by atoms with Crippen LogP contribution in [-0.4, -0.2) is 42.0 Å². The van der Waals surface area contributed by atoms with E-state index in [9.17, 15) is 27.6 Å². The van der Waals surface area contributed by atoms with Gasteiger partial charge in [-0.05, 0) is 58.9 Å². The number of methoxy groups -OCH3 is 1. The van der Waals surface area contributed by atoms with Crippen molar-refractivity contribution in [3.63, 3.8) is 0 Å². The predicted octanol–water partition coefficient (Wildman–Crippen LogP) is 6.79. The van der Waals surface area contributed by atoms with Crippen LogP contribution in [0.5, 0.6) is 0 Å². The first-order valence-corrected chi connectivity index (χ1v) is 15.3. The Bertz CT molecular complexity index is 1670. The van der Waals surface area contributed by atoms with Gasteiger partial charge in [0.15, 0.2) is 0 Å². The minimum absolute atomic E-state index is 0.0224. The number of rotatable bonds is 7. The predicted molar refractivity (Wildman–Crippen MR) is 167 cm³/mol. The first kappa shape index (κ1) is 33.2. The first-order chi connectivity index (χ1) is 21.6. The standard InChI is InChI=1S/C36H39F3N2O5/c1-22-35(33(44)45-5)19-26(17-31(42)40-20-23-10-8-14-27(16-23)36(37,38)39)32(43)41(29(35)18-30(46-22)34(2,3)4)21-25-13-9-12-24-11-6-7-15-28(24)25/h6-16,18,22,26,30H,17,19-21H2,1-5H3,(H,40,42)/t22-,26+,30-,35+/m1/s1. The van der Waals surface area contributed by atoms with Crippen LogP contribution in [0.25, 0.3) is 10.8 Å². The molecule has 2 heterocycles. The van der Waals surface area contributed by atoms with Crippen molar-refractivity contribution in [3.8, 4) is 0 Å². The molecule has 0 aromatic heterocycles. The van der Waals surface area contributed by atoms with Gasteiger partial charge in [-0.3, -0.25) is 14.4 Å². The zero-order valence-electron chi connectivity index (χ0n) is 26.6. The van der Waals surface area contributed by atoms with Crippen LogP contribution in [0.1, 0.15) is 57.2 Å². The highest BCUT2D eigenvalue weighted by atomic mass is 19.4. The van der Waals surface area contributed by atoms with Gasteiger partial charge in [-0.15, -0.1) is 0 Å². The summed E-state index contributed by atoms with van der Waals surface area (Å²) in [6, 6.07) is 18.4. The van der Waals surface area contributed by atoms with Gasteiger partial charge in [0.1, 0.15) is 5.41 Å². The third-order valence-corrected chi connectivity index (χ3v) is 9.07. The van der Waals surface area contributed by atoms with Crippen LogP contribution in [0.3, 0.4) is 0 Å². The van der Waals surface area contributed by atoms with E-state index in [1.807, 2.05) is 69.3 Å². The molecule has 0 unspecified atom stereocenters. The third-order valence-electron chi connectivity index (χ3n) is 9.07. The Balaban J connectivity index is 1.51. The minimum atomic E-state index is -4.51. The number of carbonyl (C=O) groups excluding carboxylic acids is 3. The zero-order valence-corrected chi connectivity index (χ0v) is 26.6. The molecule has 2 aliphatic heterocycles. The first-order valence-electron chi connectivity index (χ1n) is 15.3. The molecule has 10 heteroatoms. The second kappa shape index (κ2) is 12.5. The fourth-order valence-corrected chi connectivity index (χ4v) is 6.56. The van der Waals surface area contributed by atoms with E-state index in [2.05, 4.69) is 5.32 Å². The lowest BCUT2D eigenvalue weighted by molar-refractivity contribution is -0.180. The number of alkyl halides is 3. The molecule has 3 aromatic carbocycles. The van der Waals surface area contributed by atoms with Gasteiger partial charge < -0.3 is 19.7 Å². The van der Waals surface area contributed by atoms with Crippen LogP contribution in [0, 0.1) is 16.7 Å². The average Bonchev–Trinajstić information content (AvgIpc) is 3.01. The number of amides is 2. The van der Waals surface area contributed by atoms with Gasteiger partial charge in [0.2, 0.25) is 11.8 Å². The zero-order chi connectivity index (χ0) is 33.4. The number of nitrogens with one attached hydrogen (secondary N) is 1. The van der Waals surface area contributed by atoms with Crippen molar-refractivity contribution < 1.29 is 37.0 Å². The molecule has 0 saturated carbocycles. The molecule has 0 radical (unpaired) electrons. The molecule has 2 amide bonds. The lowest BCUT2D eigenvalue weighted by Gasteiger charge is -2.53. The van der Waals surface area contributed by atoms with E-state index in [1.54, 1.807) is 11.8 Å². The lowest BCUT2D eigenvalue weighted by Crippen LogP contribution is -2.61. The van der Waals surface area contributed by atoms with Crippen molar-refractivity contribution in [2.24, 2.45) is 16.7 Å². The van der Waals surface area contributed by atoms with Crippen LogP contribution < -0.4 is 5.32 Å². The van der Waals surface area contributed by atoms with E-state index in [-0.39, 0.29) is 42.8 Å². The summed E-state index contributed by atoms with van der Waals surface area (Å²) in [7, 11) is 1.29. The summed E-state index contributed by atoms with van der Waals surface area (Å²) in [5.41, 5.74) is -0.901. The number of halogens is 3. The summed E-state index contributed by atoms with van der Waals surface area (Å²) in [4.78, 5) is 43.0. The molecule has 46 heavy (non-hydrogen) atoms. The monoisotopic (exact) mass is 636 g/mol. The van der Waals surface area contributed by atoms with Crippen molar-refractivity contribution in [2.45, 2.75) is 72.0 Å². The SMILES string of the molecule is COC(=O)[C@]12C[C@H](CC(=O)NCc3cccc(C(F)(F)F)c3)C(=O)N(Cc3cccc4ccccc34)C1=C[C@H](C(C)(C)C)O[C@@H]2C. The van der Waals surface area contributed by atoms with Gasteiger partial charge in [0.25, 0.3) is 0 Å². The summed E-state index contributed by atoms with van der Waals surface area (Å²) in [5, 5.41) is 4.61. The molecular formula is C36H39F3N2O5. The number of ether oxygens (including phenoxy) is 2. The largest absolute Gasteiger partial charge is 0.468 e. The fourth-order valence-electron chi connectivity index (χ4n) is 6.56. The quantitative estimate of drug-likeness (QED) is 0.289. The Morgan fingerprint density at radius 2 is 1.74 bits per heavy atom. The van der Waals surface area contributed by atoms with Crippen LogP contribution >= 0.6 is 0 Å². The van der Waals surface area contributed by atoms with Gasteiger partial charge in [-0.1, -0.05) is 75.4 Å². The van der Waals surface area contributed by atoms with Gasteiger partial charge >= 0.3 is 12.1 Å². The minimum Gasteiger partial charge on any atom is -0.468 e. The van der Waals surface area contributed by atoms with Crippen molar-refractivity contribution in [2.75, 3.05) is 7.11 Å². The Morgan fingerprint density at radius 3 is 2.43 bits per heavy atom. The number of carbonyl (C=O) groups is 3. The maximum atomic E-state index is 14.4. The summed E-state index contributed by atoms with van der Waals surface area (Å²) in [6.07, 6.45) is -4.06. The number of fused-ring (bicyclic) bond motifs is 2. The molecule has 0 spiro atoms. The van der Waals surface area contributed by atoms with Crippen LogP contribution in [-0.2, 0) is 43.1 Å². The van der Waals surface area contributed by atoms with E-state index < -0.39 is 47.2 Å². The molecule has 0 bridgehead atoms. The van der Waals surface area contributed by atoms with Gasteiger partial charge in [-0.2, -0.15) is 13.2 Å². The number of hydrogen-bond acceptors (Lipinski definition) is 5. The second-order valence-corrected chi connectivity index (χ2v) is 13.2. The maximum Gasteiger partial charge on any atom is 0.416 e. The number of likely N-dealkylation sites (tertiary alicyclic amines) is 1. The van der Waals surface area contributed by atoms with Crippen LogP contribution in [0.15, 0.2) is 78.5 Å². The van der Waals surface area contributed by atoms with Gasteiger partial charge in [0, 0.05) is 24.6 Å². The number of esters is 1. The Hall–Kier alpha value is -4.18. The van der Waals surface area contributed by atoms with Crippen molar-refractivity contribution >= 4 is 28.6 Å². The average molecular weight is 637 g/mol. The topological polar surface area (TPSA) is 84.9 Å².